The average Bonchev–Trinajstić information content (AvgIpc) is 3.19. The molecule has 1 aliphatic carbocycles. The van der Waals surface area contributed by atoms with Crippen molar-refractivity contribution in [2.45, 2.75) is 25.1 Å². The number of nitrogens with one attached hydrogen (secondary N) is 1. The third-order valence-corrected chi connectivity index (χ3v) is 2.84. The van der Waals surface area contributed by atoms with E-state index in [0.717, 1.165) is 25.0 Å². The molecule has 1 saturated carbocycles. The number of hydrogen-bond donors (Lipinski definition) is 1. The molecule has 0 spiro atoms. The zero-order valence-corrected chi connectivity index (χ0v) is 9.74. The first kappa shape index (κ1) is 13.3. The Morgan fingerprint density at radius 1 is 1.47 bits per heavy atom. The molecule has 0 aliphatic heterocycles. The molecule has 19 heavy (non-hydrogen) atoms. The maximum Gasteiger partial charge on any atom is 0.417 e. The van der Waals surface area contributed by atoms with Crippen molar-refractivity contribution in [3.8, 4) is 6.07 Å². The molecule has 2 rings (SSSR count). The third-order valence-electron chi connectivity index (χ3n) is 2.84. The lowest BCUT2D eigenvalue weighted by atomic mass is 10.2. The van der Waals surface area contributed by atoms with Gasteiger partial charge in [0.05, 0.1) is 11.6 Å². The van der Waals surface area contributed by atoms with Gasteiger partial charge in [-0.1, -0.05) is 0 Å². The van der Waals surface area contributed by atoms with Crippen LogP contribution in [0.5, 0.6) is 0 Å². The Morgan fingerprint density at radius 2 is 2.16 bits per heavy atom. The number of hydrogen-bond acceptors (Lipinski definition) is 3. The lowest BCUT2D eigenvalue weighted by molar-refractivity contribution is -0.137. The van der Waals surface area contributed by atoms with Gasteiger partial charge in [0.15, 0.2) is 0 Å². The first-order valence-electron chi connectivity index (χ1n) is 5.65. The standard InChI is InChI=1S/C12H10F3N3O/c13-12(14,15)8-3-4-9(17-6-8)11(19)18-10(5-16)7-1-2-7/h3-4,6-7,10H,1-2H2,(H,18,19). The van der Waals surface area contributed by atoms with Crippen molar-refractivity contribution in [2.75, 3.05) is 0 Å². The summed E-state index contributed by atoms with van der Waals surface area (Å²) in [7, 11) is 0. The van der Waals surface area contributed by atoms with Gasteiger partial charge in [-0.3, -0.25) is 9.78 Å². The molecule has 0 bridgehead atoms. The van der Waals surface area contributed by atoms with Gasteiger partial charge >= 0.3 is 6.18 Å². The molecule has 7 heteroatoms. The van der Waals surface area contributed by atoms with Gasteiger partial charge in [0, 0.05) is 6.20 Å². The predicted molar refractivity (Wildman–Crippen MR) is 58.8 cm³/mol. The van der Waals surface area contributed by atoms with Crippen molar-refractivity contribution in [1.82, 2.24) is 10.3 Å². The van der Waals surface area contributed by atoms with E-state index in [2.05, 4.69) is 10.3 Å². The van der Waals surface area contributed by atoms with E-state index in [-0.39, 0.29) is 11.6 Å². The molecule has 1 unspecified atom stereocenters. The molecule has 1 amide bonds. The third kappa shape index (κ3) is 3.22. The van der Waals surface area contributed by atoms with E-state index in [4.69, 9.17) is 5.26 Å². The van der Waals surface area contributed by atoms with Crippen molar-refractivity contribution >= 4 is 5.91 Å². The molecule has 1 atom stereocenters. The van der Waals surface area contributed by atoms with Crippen LogP contribution < -0.4 is 5.32 Å². The van der Waals surface area contributed by atoms with Gasteiger partial charge in [0.25, 0.3) is 5.91 Å². The maximum atomic E-state index is 12.3. The zero-order valence-electron chi connectivity index (χ0n) is 9.74. The van der Waals surface area contributed by atoms with Crippen molar-refractivity contribution in [2.24, 2.45) is 5.92 Å². The smallest absolute Gasteiger partial charge is 0.335 e. The number of nitriles is 1. The molecule has 0 radical (unpaired) electrons. The number of rotatable bonds is 3. The number of amides is 1. The topological polar surface area (TPSA) is 65.8 Å². The van der Waals surface area contributed by atoms with E-state index >= 15 is 0 Å². The Labute approximate surface area is 107 Å². The summed E-state index contributed by atoms with van der Waals surface area (Å²) in [5.74, 6) is -0.490. The van der Waals surface area contributed by atoms with E-state index in [0.29, 0.717) is 6.20 Å². The van der Waals surface area contributed by atoms with Crippen molar-refractivity contribution < 1.29 is 18.0 Å². The number of alkyl halides is 3. The highest BCUT2D eigenvalue weighted by Crippen LogP contribution is 2.32. The summed E-state index contributed by atoms with van der Waals surface area (Å²) < 4.78 is 36.9. The van der Waals surface area contributed by atoms with Gasteiger partial charge in [0.1, 0.15) is 11.7 Å². The number of carbonyl (C=O) groups excluding carboxylic acids is 1. The van der Waals surface area contributed by atoms with E-state index in [1.807, 2.05) is 6.07 Å². The second-order valence-corrected chi connectivity index (χ2v) is 4.35. The number of carbonyl (C=O) groups is 1. The molecule has 0 saturated heterocycles. The van der Waals surface area contributed by atoms with Crippen molar-refractivity contribution in [1.29, 1.82) is 5.26 Å². The van der Waals surface area contributed by atoms with Crippen LogP contribution in [0.25, 0.3) is 0 Å². The Morgan fingerprint density at radius 3 is 2.58 bits per heavy atom. The SMILES string of the molecule is N#CC(NC(=O)c1ccc(C(F)(F)F)cn1)C1CC1. The minimum atomic E-state index is -4.48. The summed E-state index contributed by atoms with van der Waals surface area (Å²) in [5.41, 5.74) is -1.04. The van der Waals surface area contributed by atoms with Crippen LogP contribution in [-0.2, 0) is 6.18 Å². The van der Waals surface area contributed by atoms with E-state index in [1.54, 1.807) is 0 Å². The maximum absolute atomic E-state index is 12.3. The summed E-state index contributed by atoms with van der Waals surface area (Å²) in [6.45, 7) is 0. The quantitative estimate of drug-likeness (QED) is 0.914. The number of halogens is 3. The molecular formula is C12H10F3N3O. The summed E-state index contributed by atoms with van der Waals surface area (Å²) in [4.78, 5) is 15.2. The Bertz CT molecular complexity index is 515. The van der Waals surface area contributed by atoms with E-state index < -0.39 is 23.7 Å². The highest BCUT2D eigenvalue weighted by Gasteiger charge is 2.33. The minimum absolute atomic E-state index is 0.131. The zero-order chi connectivity index (χ0) is 14.0. The van der Waals surface area contributed by atoms with Crippen LogP contribution in [0.4, 0.5) is 13.2 Å². The van der Waals surface area contributed by atoms with Crippen LogP contribution in [0.2, 0.25) is 0 Å². The number of pyridine rings is 1. The molecule has 4 nitrogen and oxygen atoms in total. The van der Waals surface area contributed by atoms with Gasteiger partial charge in [-0.25, -0.2) is 0 Å². The highest BCUT2D eigenvalue weighted by molar-refractivity contribution is 5.92. The second-order valence-electron chi connectivity index (χ2n) is 4.35. The second kappa shape index (κ2) is 4.88. The van der Waals surface area contributed by atoms with Gasteiger partial charge in [-0.05, 0) is 30.9 Å². The van der Waals surface area contributed by atoms with E-state index in [9.17, 15) is 18.0 Å². The molecule has 1 fully saturated rings. The van der Waals surface area contributed by atoms with Crippen LogP contribution in [-0.4, -0.2) is 16.9 Å². The molecule has 1 N–H and O–H groups in total. The summed E-state index contributed by atoms with van der Waals surface area (Å²) in [6, 6.07) is 3.15. The Balaban J connectivity index is 2.05. The molecule has 1 aliphatic rings. The Hall–Kier alpha value is -2.10. The van der Waals surface area contributed by atoms with Crippen LogP contribution in [0.15, 0.2) is 18.3 Å². The van der Waals surface area contributed by atoms with Crippen LogP contribution >= 0.6 is 0 Å². The average molecular weight is 269 g/mol. The van der Waals surface area contributed by atoms with Crippen LogP contribution in [0, 0.1) is 17.2 Å². The molecule has 1 heterocycles. The molecule has 1 aromatic heterocycles. The lowest BCUT2D eigenvalue weighted by Crippen LogP contribution is -2.35. The number of aromatic nitrogens is 1. The molecule has 100 valence electrons. The molecule has 1 aromatic rings. The van der Waals surface area contributed by atoms with Crippen molar-refractivity contribution in [3.05, 3.63) is 29.6 Å². The van der Waals surface area contributed by atoms with Gasteiger partial charge < -0.3 is 5.32 Å². The van der Waals surface area contributed by atoms with Gasteiger partial charge in [-0.2, -0.15) is 18.4 Å². The molecule has 0 aromatic carbocycles. The highest BCUT2D eigenvalue weighted by atomic mass is 19.4. The summed E-state index contributed by atoms with van der Waals surface area (Å²) in [6.07, 6.45) is -2.13. The molecular weight excluding hydrogens is 259 g/mol. The monoisotopic (exact) mass is 269 g/mol. The van der Waals surface area contributed by atoms with Gasteiger partial charge in [-0.15, -0.1) is 0 Å². The summed E-state index contributed by atoms with van der Waals surface area (Å²) >= 11 is 0. The van der Waals surface area contributed by atoms with E-state index in [1.165, 1.54) is 0 Å². The van der Waals surface area contributed by atoms with Crippen LogP contribution in [0.1, 0.15) is 28.9 Å². The first-order valence-corrected chi connectivity index (χ1v) is 5.65. The fourth-order valence-corrected chi connectivity index (χ4v) is 1.60. The largest absolute Gasteiger partial charge is 0.417 e. The predicted octanol–water partition coefficient (Wildman–Crippen LogP) is 2.13. The normalized spacial score (nSPS) is 16.5. The first-order chi connectivity index (χ1) is 8.91. The number of nitrogens with zero attached hydrogens (tertiary/aromatic N) is 2. The van der Waals surface area contributed by atoms with Crippen LogP contribution in [0.3, 0.4) is 0 Å². The van der Waals surface area contributed by atoms with Crippen molar-refractivity contribution in [3.63, 3.8) is 0 Å². The fraction of sp³-hybridized carbons (Fsp3) is 0.417. The fourth-order valence-electron chi connectivity index (χ4n) is 1.60. The van der Waals surface area contributed by atoms with Gasteiger partial charge in [0.2, 0.25) is 0 Å². The Kier molecular flexibility index (Phi) is 3.42. The minimum Gasteiger partial charge on any atom is -0.335 e. The summed E-state index contributed by atoms with van der Waals surface area (Å²) in [5, 5.41) is 11.3. The lowest BCUT2D eigenvalue weighted by Gasteiger charge is -2.10.